The van der Waals surface area contributed by atoms with E-state index in [9.17, 15) is 18.3 Å². The highest BCUT2D eigenvalue weighted by molar-refractivity contribution is 7.89. The molecule has 1 fully saturated rings. The van der Waals surface area contributed by atoms with E-state index in [4.69, 9.17) is 16.3 Å². The first kappa shape index (κ1) is 22.6. The minimum Gasteiger partial charge on any atom is -0.494 e. The van der Waals surface area contributed by atoms with Crippen LogP contribution in [0.3, 0.4) is 0 Å². The van der Waals surface area contributed by atoms with Crippen LogP contribution >= 0.6 is 11.6 Å². The molecule has 1 unspecified atom stereocenters. The second-order valence-electron chi connectivity index (χ2n) is 7.94. The maximum atomic E-state index is 13.2. The summed E-state index contributed by atoms with van der Waals surface area (Å²) in [6, 6.07) is 11.9. The number of carboxylic acid groups (broad SMARTS) is 1. The van der Waals surface area contributed by atoms with E-state index in [-0.39, 0.29) is 17.4 Å². The number of carbonyl (C=O) groups is 1. The molecule has 0 aliphatic carbocycles. The number of nitrogens with zero attached hydrogens (tertiary/aromatic N) is 2. The molecule has 9 heteroatoms. The van der Waals surface area contributed by atoms with Crippen LogP contribution in [0.1, 0.15) is 31.2 Å². The lowest BCUT2D eigenvalue weighted by Gasteiger charge is -2.17. The predicted octanol–water partition coefficient (Wildman–Crippen LogP) is 4.35. The molecule has 0 spiro atoms. The fourth-order valence-electron chi connectivity index (χ4n) is 4.18. The topological polar surface area (TPSA) is 88.8 Å². The highest BCUT2D eigenvalue weighted by Crippen LogP contribution is 2.37. The van der Waals surface area contributed by atoms with Crippen LogP contribution in [0.4, 0.5) is 0 Å². The molecule has 4 rings (SSSR count). The van der Waals surface area contributed by atoms with Crippen LogP contribution in [0.25, 0.3) is 10.9 Å². The Balaban J connectivity index is 1.58. The number of benzene rings is 2. The largest absolute Gasteiger partial charge is 0.494 e. The van der Waals surface area contributed by atoms with Crippen LogP contribution in [-0.2, 0) is 21.4 Å². The fraction of sp³-hybridized carbons (Fsp3) is 0.348. The molecule has 170 valence electrons. The summed E-state index contributed by atoms with van der Waals surface area (Å²) in [4.78, 5) is 11.5. The molecule has 0 saturated carbocycles. The van der Waals surface area contributed by atoms with Crippen LogP contribution < -0.4 is 4.74 Å². The number of aliphatic carboxylic acids is 1. The molecule has 3 aromatic rings. The Morgan fingerprint density at radius 1 is 1.22 bits per heavy atom. The Kier molecular flexibility index (Phi) is 6.46. The van der Waals surface area contributed by atoms with E-state index in [0.717, 1.165) is 22.9 Å². The molecule has 2 heterocycles. The van der Waals surface area contributed by atoms with Crippen LogP contribution in [0.5, 0.6) is 5.75 Å². The van der Waals surface area contributed by atoms with E-state index in [1.54, 1.807) is 41.0 Å². The summed E-state index contributed by atoms with van der Waals surface area (Å²) in [6.07, 6.45) is 3.34. The highest BCUT2D eigenvalue weighted by Gasteiger charge is 2.34. The standard InChI is InChI=1S/C23H25ClN2O5S/c1-2-11-31-18-4-6-19(7-5-18)32(29,30)26-10-9-16(13-26)21-14-25(15-23(27)28)22-8-3-17(24)12-20(21)22/h3-8,12,14,16H,2,9-11,13,15H2,1H3,(H,27,28). The molecule has 0 amide bonds. The van der Waals surface area contributed by atoms with Crippen molar-refractivity contribution in [3.63, 3.8) is 0 Å². The van der Waals surface area contributed by atoms with E-state index in [1.807, 2.05) is 19.2 Å². The number of aromatic nitrogens is 1. The number of hydrogen-bond donors (Lipinski definition) is 1. The highest BCUT2D eigenvalue weighted by atomic mass is 35.5. The average molecular weight is 477 g/mol. The van der Waals surface area contributed by atoms with Gasteiger partial charge in [0, 0.05) is 41.1 Å². The van der Waals surface area contributed by atoms with Gasteiger partial charge in [-0.3, -0.25) is 4.79 Å². The van der Waals surface area contributed by atoms with Crippen LogP contribution in [0.2, 0.25) is 5.02 Å². The molecule has 1 aliphatic rings. The minimum absolute atomic E-state index is 0.0482. The van der Waals surface area contributed by atoms with Gasteiger partial charge >= 0.3 is 5.97 Å². The zero-order valence-electron chi connectivity index (χ0n) is 17.7. The summed E-state index contributed by atoms with van der Waals surface area (Å²) < 4.78 is 35.1. The molecule has 0 radical (unpaired) electrons. The third kappa shape index (κ3) is 4.48. The SMILES string of the molecule is CCCOc1ccc(S(=O)(=O)N2CCC(c3cn(CC(=O)O)c4ccc(Cl)cc34)C2)cc1. The van der Waals surface area contributed by atoms with Gasteiger partial charge in [-0.2, -0.15) is 4.31 Å². The third-order valence-corrected chi connectivity index (χ3v) is 7.82. The summed E-state index contributed by atoms with van der Waals surface area (Å²) in [7, 11) is -3.64. The molecule has 0 bridgehead atoms. The van der Waals surface area contributed by atoms with Gasteiger partial charge in [-0.25, -0.2) is 8.42 Å². The third-order valence-electron chi connectivity index (χ3n) is 5.70. The second kappa shape index (κ2) is 9.13. The summed E-state index contributed by atoms with van der Waals surface area (Å²) in [6.45, 7) is 3.15. The number of fused-ring (bicyclic) bond motifs is 1. The van der Waals surface area contributed by atoms with Crippen molar-refractivity contribution in [3.05, 3.63) is 59.2 Å². The molecule has 7 nitrogen and oxygen atoms in total. The number of carboxylic acids is 1. The molecule has 1 saturated heterocycles. The van der Waals surface area contributed by atoms with Crippen LogP contribution in [-0.4, -0.2) is 48.1 Å². The van der Waals surface area contributed by atoms with Gasteiger partial charge < -0.3 is 14.4 Å². The lowest BCUT2D eigenvalue weighted by Crippen LogP contribution is -2.28. The predicted molar refractivity (Wildman–Crippen MR) is 123 cm³/mol. The zero-order chi connectivity index (χ0) is 22.9. The maximum absolute atomic E-state index is 13.2. The van der Waals surface area contributed by atoms with Crippen molar-refractivity contribution in [1.29, 1.82) is 0 Å². The molecular weight excluding hydrogens is 452 g/mol. The van der Waals surface area contributed by atoms with E-state index in [0.29, 0.717) is 36.9 Å². The van der Waals surface area contributed by atoms with Crippen molar-refractivity contribution in [3.8, 4) is 5.75 Å². The van der Waals surface area contributed by atoms with Crippen molar-refractivity contribution in [1.82, 2.24) is 8.87 Å². The van der Waals surface area contributed by atoms with Gasteiger partial charge in [0.05, 0.1) is 11.5 Å². The van der Waals surface area contributed by atoms with Gasteiger partial charge in [0.1, 0.15) is 12.3 Å². The van der Waals surface area contributed by atoms with Crippen LogP contribution in [0.15, 0.2) is 53.6 Å². The Hall–Kier alpha value is -2.55. The monoisotopic (exact) mass is 476 g/mol. The molecule has 1 aromatic heterocycles. The Labute approximate surface area is 192 Å². The second-order valence-corrected chi connectivity index (χ2v) is 10.3. The van der Waals surface area contributed by atoms with Gasteiger partial charge in [-0.05, 0) is 60.9 Å². The van der Waals surface area contributed by atoms with Gasteiger partial charge in [0.15, 0.2) is 0 Å². The first-order valence-corrected chi connectivity index (χ1v) is 12.3. The minimum atomic E-state index is -3.64. The van der Waals surface area contributed by atoms with Crippen LogP contribution in [0, 0.1) is 0 Å². The van der Waals surface area contributed by atoms with Gasteiger partial charge in [0.2, 0.25) is 10.0 Å². The maximum Gasteiger partial charge on any atom is 0.323 e. The molecule has 32 heavy (non-hydrogen) atoms. The summed E-state index contributed by atoms with van der Waals surface area (Å²) >= 11 is 6.20. The molecule has 1 aliphatic heterocycles. The van der Waals surface area contributed by atoms with Gasteiger partial charge in [0.25, 0.3) is 0 Å². The van der Waals surface area contributed by atoms with E-state index in [1.165, 1.54) is 4.31 Å². The molecule has 2 aromatic carbocycles. The van der Waals surface area contributed by atoms with Crippen molar-refractivity contribution >= 4 is 38.5 Å². The van der Waals surface area contributed by atoms with E-state index in [2.05, 4.69) is 0 Å². The average Bonchev–Trinajstić information content (AvgIpc) is 3.38. The van der Waals surface area contributed by atoms with Crippen molar-refractivity contribution < 1.29 is 23.1 Å². The first-order chi connectivity index (χ1) is 15.3. The summed E-state index contributed by atoms with van der Waals surface area (Å²) in [5, 5.41) is 10.7. The lowest BCUT2D eigenvalue weighted by molar-refractivity contribution is -0.137. The normalized spacial score (nSPS) is 17.1. The number of rotatable bonds is 8. The molecular formula is C23H25ClN2O5S. The summed E-state index contributed by atoms with van der Waals surface area (Å²) in [5.74, 6) is -0.341. The van der Waals surface area contributed by atoms with E-state index < -0.39 is 16.0 Å². The lowest BCUT2D eigenvalue weighted by atomic mass is 9.98. The number of sulfonamides is 1. The molecule has 1 N–H and O–H groups in total. The summed E-state index contributed by atoms with van der Waals surface area (Å²) in [5.41, 5.74) is 1.69. The Bertz CT molecular complexity index is 1240. The van der Waals surface area contributed by atoms with Gasteiger partial charge in [-0.1, -0.05) is 18.5 Å². The quantitative estimate of drug-likeness (QED) is 0.522. The van der Waals surface area contributed by atoms with E-state index >= 15 is 0 Å². The number of halogens is 1. The van der Waals surface area contributed by atoms with Gasteiger partial charge in [-0.15, -0.1) is 0 Å². The van der Waals surface area contributed by atoms with Crippen molar-refractivity contribution in [2.24, 2.45) is 0 Å². The fourth-order valence-corrected chi connectivity index (χ4v) is 5.85. The van der Waals surface area contributed by atoms with Crippen molar-refractivity contribution in [2.45, 2.75) is 37.1 Å². The molecule has 1 atom stereocenters. The smallest absolute Gasteiger partial charge is 0.323 e. The Morgan fingerprint density at radius 2 is 1.97 bits per heavy atom. The zero-order valence-corrected chi connectivity index (χ0v) is 19.3. The first-order valence-electron chi connectivity index (χ1n) is 10.5. The number of hydrogen-bond acceptors (Lipinski definition) is 4. The Morgan fingerprint density at radius 3 is 2.66 bits per heavy atom. The van der Waals surface area contributed by atoms with Crippen molar-refractivity contribution in [2.75, 3.05) is 19.7 Å². The number of ether oxygens (including phenoxy) is 1.